The lowest BCUT2D eigenvalue weighted by molar-refractivity contribution is 0.0951. The van der Waals surface area contributed by atoms with Crippen LogP contribution in [0.15, 0.2) is 36.8 Å². The number of benzene rings is 1. The number of aromatic amines is 1. The molecule has 0 aliphatic rings. The first-order chi connectivity index (χ1) is 9.66. The summed E-state index contributed by atoms with van der Waals surface area (Å²) in [5.41, 5.74) is 2.37. The Bertz CT molecular complexity index is 774. The van der Waals surface area contributed by atoms with E-state index in [4.69, 9.17) is 0 Å². The molecule has 1 aromatic carbocycles. The second-order valence-corrected chi connectivity index (χ2v) is 4.53. The number of hydrogen-bond acceptors (Lipinski definition) is 2. The maximum absolute atomic E-state index is 13.7. The first-order valence-electron chi connectivity index (χ1n) is 6.20. The summed E-state index contributed by atoms with van der Waals surface area (Å²) in [6.45, 7) is 2.18. The van der Waals surface area contributed by atoms with Crippen LogP contribution in [0.2, 0.25) is 0 Å². The SMILES string of the molecule is Cc1[nH]cnc1CNC(=O)c1cn(F)c2ccccc12. The maximum Gasteiger partial charge on any atom is 0.253 e. The van der Waals surface area contributed by atoms with Crippen LogP contribution in [0.4, 0.5) is 4.48 Å². The molecule has 2 aromatic heterocycles. The van der Waals surface area contributed by atoms with Gasteiger partial charge in [0.2, 0.25) is 0 Å². The van der Waals surface area contributed by atoms with Gasteiger partial charge in [0.25, 0.3) is 5.91 Å². The average molecular weight is 272 g/mol. The summed E-state index contributed by atoms with van der Waals surface area (Å²) >= 11 is 0. The Morgan fingerprint density at radius 2 is 2.25 bits per heavy atom. The highest BCUT2D eigenvalue weighted by Crippen LogP contribution is 2.21. The Morgan fingerprint density at radius 1 is 1.45 bits per heavy atom. The van der Waals surface area contributed by atoms with Crippen LogP contribution in [-0.4, -0.2) is 20.7 Å². The first kappa shape index (κ1) is 12.4. The van der Waals surface area contributed by atoms with Crippen molar-refractivity contribution in [2.75, 3.05) is 0 Å². The highest BCUT2D eigenvalue weighted by atomic mass is 19.2. The van der Waals surface area contributed by atoms with Crippen LogP contribution >= 0.6 is 0 Å². The number of fused-ring (bicyclic) bond motifs is 1. The number of rotatable bonds is 3. The molecule has 2 N–H and O–H groups in total. The monoisotopic (exact) mass is 272 g/mol. The van der Waals surface area contributed by atoms with E-state index < -0.39 is 0 Å². The van der Waals surface area contributed by atoms with Gasteiger partial charge in [0.05, 0.1) is 35.8 Å². The smallest absolute Gasteiger partial charge is 0.253 e. The second-order valence-electron chi connectivity index (χ2n) is 4.53. The van der Waals surface area contributed by atoms with Crippen molar-refractivity contribution in [3.05, 3.63) is 53.7 Å². The van der Waals surface area contributed by atoms with Gasteiger partial charge in [0, 0.05) is 11.1 Å². The number of aromatic nitrogens is 3. The summed E-state index contributed by atoms with van der Waals surface area (Å²) in [6.07, 6.45) is 2.77. The number of para-hydroxylation sites is 1. The molecule has 0 bridgehead atoms. The van der Waals surface area contributed by atoms with E-state index in [2.05, 4.69) is 15.3 Å². The van der Waals surface area contributed by atoms with Gasteiger partial charge < -0.3 is 10.3 Å². The van der Waals surface area contributed by atoms with Crippen molar-refractivity contribution in [3.63, 3.8) is 0 Å². The predicted molar refractivity (Wildman–Crippen MR) is 72.9 cm³/mol. The third kappa shape index (κ3) is 2.05. The molecule has 1 amide bonds. The van der Waals surface area contributed by atoms with Crippen LogP contribution in [0, 0.1) is 6.92 Å². The Hall–Kier alpha value is -2.63. The topological polar surface area (TPSA) is 62.7 Å². The Morgan fingerprint density at radius 3 is 3.00 bits per heavy atom. The number of aryl methyl sites for hydroxylation is 1. The van der Waals surface area contributed by atoms with Gasteiger partial charge in [-0.05, 0) is 13.0 Å². The molecule has 0 radical (unpaired) electrons. The van der Waals surface area contributed by atoms with Gasteiger partial charge >= 0.3 is 0 Å². The largest absolute Gasteiger partial charge is 0.348 e. The summed E-state index contributed by atoms with van der Waals surface area (Å²) in [4.78, 5) is 19.7. The van der Waals surface area contributed by atoms with Crippen molar-refractivity contribution in [2.24, 2.45) is 0 Å². The third-order valence-electron chi connectivity index (χ3n) is 3.26. The lowest BCUT2D eigenvalue weighted by Crippen LogP contribution is -2.23. The fraction of sp³-hybridized carbons (Fsp3) is 0.143. The number of carbonyl (C=O) groups is 1. The number of hydrogen-bond donors (Lipinski definition) is 2. The predicted octanol–water partition coefficient (Wildman–Crippen LogP) is 2.34. The van der Waals surface area contributed by atoms with Crippen molar-refractivity contribution >= 4 is 16.8 Å². The highest BCUT2D eigenvalue weighted by Gasteiger charge is 2.15. The van der Waals surface area contributed by atoms with E-state index in [9.17, 15) is 9.28 Å². The average Bonchev–Trinajstić information content (AvgIpc) is 3.01. The van der Waals surface area contributed by atoms with Gasteiger partial charge in [-0.15, -0.1) is 0 Å². The molecular formula is C14H13FN4O. The molecule has 6 heteroatoms. The normalized spacial score (nSPS) is 10.9. The summed E-state index contributed by atoms with van der Waals surface area (Å²) in [5.74, 6) is -0.319. The van der Waals surface area contributed by atoms with Crippen LogP contribution in [0.25, 0.3) is 10.9 Å². The molecule has 0 aliphatic heterocycles. The number of nitrogens with zero attached hydrogens (tertiary/aromatic N) is 2. The quantitative estimate of drug-likeness (QED) is 0.768. The molecule has 0 spiro atoms. The first-order valence-corrected chi connectivity index (χ1v) is 6.20. The number of carbonyl (C=O) groups excluding carboxylic acids is 1. The molecule has 3 rings (SSSR count). The number of nitrogens with one attached hydrogen (secondary N) is 2. The van der Waals surface area contributed by atoms with Crippen LogP contribution in [0.3, 0.4) is 0 Å². The van der Waals surface area contributed by atoms with E-state index in [1.54, 1.807) is 30.6 Å². The molecule has 20 heavy (non-hydrogen) atoms. The molecule has 0 saturated heterocycles. The number of halogens is 1. The maximum atomic E-state index is 13.7. The van der Waals surface area contributed by atoms with Gasteiger partial charge in [-0.1, -0.05) is 22.7 Å². The molecule has 0 aliphatic carbocycles. The van der Waals surface area contributed by atoms with E-state index >= 15 is 0 Å². The summed E-state index contributed by atoms with van der Waals surface area (Å²) in [6, 6.07) is 6.86. The summed E-state index contributed by atoms with van der Waals surface area (Å²) in [7, 11) is 0. The minimum Gasteiger partial charge on any atom is -0.348 e. The zero-order valence-corrected chi connectivity index (χ0v) is 10.9. The van der Waals surface area contributed by atoms with Gasteiger partial charge in [-0.25, -0.2) is 4.98 Å². The molecule has 0 saturated carbocycles. The second kappa shape index (κ2) is 4.80. The van der Waals surface area contributed by atoms with E-state index in [1.165, 1.54) is 6.20 Å². The zero-order chi connectivity index (χ0) is 14.1. The minimum absolute atomic E-state index is 0.306. The molecular weight excluding hydrogens is 259 g/mol. The molecule has 0 atom stereocenters. The molecule has 5 nitrogen and oxygen atoms in total. The highest BCUT2D eigenvalue weighted by molar-refractivity contribution is 6.06. The van der Waals surface area contributed by atoms with Gasteiger partial charge in [0.1, 0.15) is 0 Å². The van der Waals surface area contributed by atoms with Gasteiger partial charge in [-0.3, -0.25) is 4.79 Å². The Balaban J connectivity index is 1.84. The Kier molecular flexibility index (Phi) is 2.98. The van der Waals surface area contributed by atoms with Gasteiger partial charge in [-0.2, -0.15) is 4.79 Å². The molecule has 102 valence electrons. The standard InChI is InChI=1S/C14H13FN4O/c1-9-12(18-8-17-9)6-16-14(20)11-7-19(15)13-5-3-2-4-10(11)13/h2-5,7-8H,6H2,1H3,(H,16,20)(H,17,18). The van der Waals surface area contributed by atoms with Crippen molar-refractivity contribution in [3.8, 4) is 0 Å². The molecule has 0 unspecified atom stereocenters. The molecule has 2 heterocycles. The van der Waals surface area contributed by atoms with Crippen LogP contribution in [0.5, 0.6) is 0 Å². The lowest BCUT2D eigenvalue weighted by atomic mass is 10.1. The van der Waals surface area contributed by atoms with Gasteiger partial charge in [0.15, 0.2) is 0 Å². The van der Waals surface area contributed by atoms with Crippen molar-refractivity contribution in [2.45, 2.75) is 13.5 Å². The lowest BCUT2D eigenvalue weighted by Gasteiger charge is -2.02. The molecule has 0 fully saturated rings. The van der Waals surface area contributed by atoms with Crippen molar-refractivity contribution in [1.29, 1.82) is 0 Å². The minimum atomic E-state index is -0.319. The summed E-state index contributed by atoms with van der Waals surface area (Å²) < 4.78 is 13.7. The van der Waals surface area contributed by atoms with E-state index in [0.717, 1.165) is 11.4 Å². The fourth-order valence-corrected chi connectivity index (χ4v) is 2.15. The van der Waals surface area contributed by atoms with Crippen molar-refractivity contribution < 1.29 is 9.28 Å². The molecule has 3 aromatic rings. The number of imidazole rings is 1. The van der Waals surface area contributed by atoms with E-state index in [1.807, 2.05) is 6.92 Å². The van der Waals surface area contributed by atoms with Crippen LogP contribution in [-0.2, 0) is 6.54 Å². The summed E-state index contributed by atoms with van der Waals surface area (Å²) in [5, 5.41) is 3.34. The number of amides is 1. The van der Waals surface area contributed by atoms with Crippen LogP contribution in [0.1, 0.15) is 21.7 Å². The fourth-order valence-electron chi connectivity index (χ4n) is 2.15. The zero-order valence-electron chi connectivity index (χ0n) is 10.9. The number of H-pyrrole nitrogens is 1. The van der Waals surface area contributed by atoms with E-state index in [-0.39, 0.29) is 5.91 Å². The van der Waals surface area contributed by atoms with E-state index in [0.29, 0.717) is 27.8 Å². The Labute approximate surface area is 114 Å². The van der Waals surface area contributed by atoms with Crippen molar-refractivity contribution in [1.82, 2.24) is 20.1 Å². The van der Waals surface area contributed by atoms with Crippen LogP contribution < -0.4 is 5.32 Å². The third-order valence-corrected chi connectivity index (χ3v) is 3.26.